The molecule has 1 aliphatic rings. The Morgan fingerprint density at radius 1 is 1.53 bits per heavy atom. The van der Waals surface area contributed by atoms with Crippen molar-refractivity contribution in [2.45, 2.75) is 32.4 Å². The van der Waals surface area contributed by atoms with Crippen LogP contribution in [0, 0.1) is 5.41 Å². The van der Waals surface area contributed by atoms with E-state index in [4.69, 9.17) is 4.74 Å². The Labute approximate surface area is 102 Å². The van der Waals surface area contributed by atoms with Crippen molar-refractivity contribution in [1.82, 2.24) is 10.2 Å². The van der Waals surface area contributed by atoms with Crippen molar-refractivity contribution >= 4 is 32.4 Å². The van der Waals surface area contributed by atoms with Gasteiger partial charge in [0.05, 0.1) is 6.10 Å². The van der Waals surface area contributed by atoms with Crippen molar-refractivity contribution in [3.05, 3.63) is 3.92 Å². The molecule has 4 nitrogen and oxygen atoms in total. The molecule has 0 bridgehead atoms. The predicted molar refractivity (Wildman–Crippen MR) is 64.2 cm³/mol. The number of aromatic nitrogens is 2. The SMILES string of the molecule is COC1CC(Nc2nnc(Br)s2)C1(C)C. The molecule has 0 aliphatic heterocycles. The molecule has 0 spiro atoms. The molecule has 1 aromatic heterocycles. The van der Waals surface area contributed by atoms with Gasteiger partial charge >= 0.3 is 0 Å². The summed E-state index contributed by atoms with van der Waals surface area (Å²) in [6.07, 6.45) is 1.37. The van der Waals surface area contributed by atoms with Crippen molar-refractivity contribution in [2.75, 3.05) is 12.4 Å². The minimum Gasteiger partial charge on any atom is -0.381 e. The molecule has 1 aromatic rings. The molecule has 1 N–H and O–H groups in total. The molecule has 2 unspecified atom stereocenters. The van der Waals surface area contributed by atoms with Crippen LogP contribution in [0.25, 0.3) is 0 Å². The van der Waals surface area contributed by atoms with E-state index in [0.717, 1.165) is 15.5 Å². The van der Waals surface area contributed by atoms with E-state index in [2.05, 4.69) is 45.3 Å². The quantitative estimate of drug-likeness (QED) is 0.930. The Bertz CT molecular complexity index is 355. The van der Waals surface area contributed by atoms with Crippen molar-refractivity contribution in [3.63, 3.8) is 0 Å². The molecule has 1 aliphatic carbocycles. The van der Waals surface area contributed by atoms with E-state index in [0.29, 0.717) is 12.1 Å². The maximum atomic E-state index is 5.39. The van der Waals surface area contributed by atoms with Crippen molar-refractivity contribution in [1.29, 1.82) is 0 Å². The molecule has 0 radical (unpaired) electrons. The normalized spacial score (nSPS) is 28.5. The van der Waals surface area contributed by atoms with Crippen molar-refractivity contribution in [3.8, 4) is 0 Å². The summed E-state index contributed by atoms with van der Waals surface area (Å²) in [5.41, 5.74) is 0.160. The molecule has 84 valence electrons. The third kappa shape index (κ3) is 2.03. The lowest BCUT2D eigenvalue weighted by molar-refractivity contribution is -0.0794. The summed E-state index contributed by atoms with van der Waals surface area (Å²) in [5.74, 6) is 0. The number of methoxy groups -OCH3 is 1. The van der Waals surface area contributed by atoms with Crippen LogP contribution in [0.5, 0.6) is 0 Å². The molecular weight excluding hydrogens is 278 g/mol. The fourth-order valence-electron chi connectivity index (χ4n) is 1.94. The average molecular weight is 292 g/mol. The highest BCUT2D eigenvalue weighted by Gasteiger charge is 2.48. The standard InChI is InChI=1S/C9H14BrN3OS/c1-9(2)5(4-6(9)14-3)11-8-13-12-7(10)15-8/h5-6H,4H2,1-3H3,(H,11,13). The second-order valence-corrected chi connectivity index (χ2v) is 6.59. The third-order valence-electron chi connectivity index (χ3n) is 3.16. The molecule has 0 amide bonds. The van der Waals surface area contributed by atoms with Gasteiger partial charge in [0.2, 0.25) is 5.13 Å². The smallest absolute Gasteiger partial charge is 0.206 e. The van der Waals surface area contributed by atoms with Crippen LogP contribution < -0.4 is 5.32 Å². The van der Waals surface area contributed by atoms with E-state index in [-0.39, 0.29) is 5.41 Å². The summed E-state index contributed by atoms with van der Waals surface area (Å²) < 4.78 is 6.20. The Morgan fingerprint density at radius 2 is 2.27 bits per heavy atom. The summed E-state index contributed by atoms with van der Waals surface area (Å²) in [4.78, 5) is 0. The van der Waals surface area contributed by atoms with Gasteiger partial charge in [0.15, 0.2) is 3.92 Å². The van der Waals surface area contributed by atoms with E-state index in [1.807, 2.05) is 0 Å². The molecule has 1 heterocycles. The number of anilines is 1. The number of hydrogen-bond donors (Lipinski definition) is 1. The number of ether oxygens (including phenoxy) is 1. The summed E-state index contributed by atoms with van der Waals surface area (Å²) in [6, 6.07) is 0.419. The predicted octanol–water partition coefficient (Wildman–Crippen LogP) is 2.53. The molecule has 1 fully saturated rings. The second-order valence-electron chi connectivity index (χ2n) is 4.34. The zero-order valence-electron chi connectivity index (χ0n) is 8.95. The first-order chi connectivity index (χ1) is 7.04. The van der Waals surface area contributed by atoms with Crippen LogP contribution in [-0.2, 0) is 4.74 Å². The minimum atomic E-state index is 0.160. The van der Waals surface area contributed by atoms with Crippen LogP contribution in [0.1, 0.15) is 20.3 Å². The van der Waals surface area contributed by atoms with Crippen LogP contribution in [0.4, 0.5) is 5.13 Å². The second kappa shape index (κ2) is 3.99. The molecular formula is C9H14BrN3OS. The maximum absolute atomic E-state index is 5.39. The van der Waals surface area contributed by atoms with Crippen molar-refractivity contribution < 1.29 is 4.74 Å². The minimum absolute atomic E-state index is 0.160. The number of halogens is 1. The zero-order valence-corrected chi connectivity index (χ0v) is 11.4. The van der Waals surface area contributed by atoms with Gasteiger partial charge in [0.1, 0.15) is 0 Å². The first kappa shape index (κ1) is 11.3. The molecule has 1 saturated carbocycles. The maximum Gasteiger partial charge on any atom is 0.206 e. The average Bonchev–Trinajstić information content (AvgIpc) is 2.58. The van der Waals surface area contributed by atoms with Gasteiger partial charge in [-0.2, -0.15) is 0 Å². The van der Waals surface area contributed by atoms with Gasteiger partial charge in [-0.25, -0.2) is 0 Å². The van der Waals surface area contributed by atoms with Gasteiger partial charge in [0, 0.05) is 18.6 Å². The molecule has 0 saturated heterocycles. The van der Waals surface area contributed by atoms with Gasteiger partial charge in [-0.05, 0) is 22.4 Å². The highest BCUT2D eigenvalue weighted by atomic mass is 79.9. The Balaban J connectivity index is 1.98. The largest absolute Gasteiger partial charge is 0.381 e. The van der Waals surface area contributed by atoms with Gasteiger partial charge in [-0.3, -0.25) is 0 Å². The first-order valence-electron chi connectivity index (χ1n) is 4.82. The molecule has 6 heteroatoms. The molecule has 0 aromatic carbocycles. The number of nitrogens with one attached hydrogen (secondary N) is 1. The van der Waals surface area contributed by atoms with Crippen LogP contribution in [0.3, 0.4) is 0 Å². The van der Waals surface area contributed by atoms with E-state index >= 15 is 0 Å². The van der Waals surface area contributed by atoms with Gasteiger partial charge < -0.3 is 10.1 Å². The van der Waals surface area contributed by atoms with E-state index in [1.54, 1.807) is 7.11 Å². The Kier molecular flexibility index (Phi) is 3.00. The zero-order chi connectivity index (χ0) is 11.1. The molecule has 15 heavy (non-hydrogen) atoms. The lowest BCUT2D eigenvalue weighted by Crippen LogP contribution is -2.57. The summed E-state index contributed by atoms with van der Waals surface area (Å²) in [7, 11) is 1.77. The number of hydrogen-bond acceptors (Lipinski definition) is 5. The third-order valence-corrected chi connectivity index (χ3v) is 4.45. The lowest BCUT2D eigenvalue weighted by atomic mass is 9.64. The summed E-state index contributed by atoms with van der Waals surface area (Å²) in [6.45, 7) is 4.41. The summed E-state index contributed by atoms with van der Waals surface area (Å²) >= 11 is 4.81. The highest BCUT2D eigenvalue weighted by molar-refractivity contribution is 9.11. The fraction of sp³-hybridized carbons (Fsp3) is 0.778. The molecule has 2 rings (SSSR count). The first-order valence-corrected chi connectivity index (χ1v) is 6.43. The van der Waals surface area contributed by atoms with Crippen LogP contribution >= 0.6 is 27.3 Å². The van der Waals surface area contributed by atoms with Crippen LogP contribution in [0.2, 0.25) is 0 Å². The van der Waals surface area contributed by atoms with E-state index < -0.39 is 0 Å². The number of nitrogens with zero attached hydrogens (tertiary/aromatic N) is 2. The highest BCUT2D eigenvalue weighted by Crippen LogP contribution is 2.44. The van der Waals surface area contributed by atoms with Crippen LogP contribution in [0.15, 0.2) is 3.92 Å². The Hall–Kier alpha value is -0.200. The van der Waals surface area contributed by atoms with E-state index in [9.17, 15) is 0 Å². The van der Waals surface area contributed by atoms with Crippen molar-refractivity contribution in [2.24, 2.45) is 5.41 Å². The fourth-order valence-corrected chi connectivity index (χ4v) is 3.01. The van der Waals surface area contributed by atoms with Gasteiger partial charge in [-0.1, -0.05) is 25.2 Å². The monoisotopic (exact) mass is 291 g/mol. The summed E-state index contributed by atoms with van der Waals surface area (Å²) in [5, 5.41) is 12.2. The van der Waals surface area contributed by atoms with Crippen LogP contribution in [-0.4, -0.2) is 29.5 Å². The number of rotatable bonds is 3. The Morgan fingerprint density at radius 3 is 2.73 bits per heavy atom. The lowest BCUT2D eigenvalue weighted by Gasteiger charge is -2.51. The van der Waals surface area contributed by atoms with E-state index in [1.165, 1.54) is 11.3 Å². The van der Waals surface area contributed by atoms with Gasteiger partial charge in [0.25, 0.3) is 0 Å². The molecule has 2 atom stereocenters. The topological polar surface area (TPSA) is 47.0 Å². The van der Waals surface area contributed by atoms with Gasteiger partial charge in [-0.15, -0.1) is 10.2 Å².